The quantitative estimate of drug-likeness (QED) is 0.772. The second-order valence-corrected chi connectivity index (χ2v) is 6.89. The molecule has 1 fully saturated rings. The second kappa shape index (κ2) is 8.59. The van der Waals surface area contributed by atoms with Gasteiger partial charge in [-0.2, -0.15) is 11.8 Å². The number of thioether (sulfide) groups is 1. The van der Waals surface area contributed by atoms with E-state index in [2.05, 4.69) is 10.6 Å². The van der Waals surface area contributed by atoms with Crippen LogP contribution < -0.4 is 10.6 Å². The third-order valence-electron chi connectivity index (χ3n) is 4.43. The maximum atomic E-state index is 13.1. The summed E-state index contributed by atoms with van der Waals surface area (Å²) in [4.78, 5) is 26.8. The van der Waals surface area contributed by atoms with Crippen molar-refractivity contribution < 1.29 is 14.3 Å². The number of ether oxygens (including phenoxy) is 1. The molecule has 2 aliphatic heterocycles. The number of allylic oxidation sites excluding steroid dienone is 1. The summed E-state index contributed by atoms with van der Waals surface area (Å²) in [5, 5.41) is 5.65. The zero-order valence-corrected chi connectivity index (χ0v) is 15.0. The number of carbonyl (C=O) groups is 2. The molecule has 23 heavy (non-hydrogen) atoms. The topological polar surface area (TPSA) is 70.7 Å². The van der Waals surface area contributed by atoms with E-state index in [4.69, 9.17) is 4.74 Å². The van der Waals surface area contributed by atoms with E-state index >= 15 is 0 Å². The zero-order chi connectivity index (χ0) is 16.8. The van der Waals surface area contributed by atoms with Gasteiger partial charge in [-0.25, -0.2) is 4.79 Å². The molecular formula is C16H27N3O3S. The molecule has 0 aromatic heterocycles. The summed E-state index contributed by atoms with van der Waals surface area (Å²) >= 11 is 1.72. The lowest BCUT2D eigenvalue weighted by Crippen LogP contribution is -2.54. The molecule has 0 saturated carbocycles. The Balaban J connectivity index is 2.20. The van der Waals surface area contributed by atoms with E-state index in [0.717, 1.165) is 25.0 Å². The van der Waals surface area contributed by atoms with Crippen molar-refractivity contribution in [2.24, 2.45) is 0 Å². The molecule has 2 N–H and O–H groups in total. The average Bonchev–Trinajstić information content (AvgIpc) is 2.54. The van der Waals surface area contributed by atoms with Gasteiger partial charge in [-0.3, -0.25) is 4.79 Å². The fourth-order valence-corrected chi connectivity index (χ4v) is 3.72. The van der Waals surface area contributed by atoms with Gasteiger partial charge in [0.2, 0.25) is 0 Å². The molecule has 1 atom stereocenters. The van der Waals surface area contributed by atoms with E-state index in [1.165, 1.54) is 0 Å². The minimum atomic E-state index is -0.223. The third-order valence-corrected chi connectivity index (χ3v) is 5.08. The van der Waals surface area contributed by atoms with Crippen LogP contribution >= 0.6 is 11.8 Å². The molecule has 130 valence electrons. The van der Waals surface area contributed by atoms with Gasteiger partial charge in [0, 0.05) is 31.5 Å². The molecule has 3 amide bonds. The van der Waals surface area contributed by atoms with E-state index < -0.39 is 0 Å². The van der Waals surface area contributed by atoms with Crippen LogP contribution in [-0.4, -0.2) is 60.7 Å². The summed E-state index contributed by atoms with van der Waals surface area (Å²) in [5.41, 5.74) is 1.38. The highest BCUT2D eigenvalue weighted by Crippen LogP contribution is 2.23. The van der Waals surface area contributed by atoms with Crippen molar-refractivity contribution in [3.63, 3.8) is 0 Å². The van der Waals surface area contributed by atoms with Gasteiger partial charge in [0.05, 0.1) is 11.6 Å². The van der Waals surface area contributed by atoms with Crippen LogP contribution in [0.1, 0.15) is 33.1 Å². The Morgan fingerprint density at radius 1 is 1.39 bits per heavy atom. The Hall–Kier alpha value is -1.21. The van der Waals surface area contributed by atoms with E-state index in [9.17, 15) is 9.59 Å². The van der Waals surface area contributed by atoms with Crippen LogP contribution in [0.4, 0.5) is 4.79 Å². The molecule has 0 aromatic carbocycles. The number of nitrogens with one attached hydrogen (secondary N) is 2. The summed E-state index contributed by atoms with van der Waals surface area (Å²) in [6, 6.07) is -0.211. The van der Waals surface area contributed by atoms with Crippen LogP contribution in [0, 0.1) is 0 Å². The average molecular weight is 341 g/mol. The summed E-state index contributed by atoms with van der Waals surface area (Å²) in [7, 11) is 0. The molecule has 0 spiro atoms. The molecule has 2 rings (SSSR count). The van der Waals surface area contributed by atoms with Crippen molar-refractivity contribution in [2.45, 2.75) is 45.2 Å². The van der Waals surface area contributed by atoms with Crippen molar-refractivity contribution in [2.75, 3.05) is 31.8 Å². The minimum Gasteiger partial charge on any atom is -0.381 e. The zero-order valence-electron chi connectivity index (χ0n) is 14.2. The predicted molar refractivity (Wildman–Crippen MR) is 92.4 cm³/mol. The van der Waals surface area contributed by atoms with Gasteiger partial charge in [0.1, 0.15) is 0 Å². The van der Waals surface area contributed by atoms with Gasteiger partial charge in [-0.15, -0.1) is 0 Å². The van der Waals surface area contributed by atoms with Gasteiger partial charge in [0.15, 0.2) is 0 Å². The number of likely N-dealkylation sites (N-methyl/N-ethyl adjacent to an activating group) is 1. The SMILES string of the molecule is CCN(C(=O)C1=C(C)NC(=O)NC1CCSC)C1CCOCC1. The first-order valence-corrected chi connectivity index (χ1v) is 9.63. The fraction of sp³-hybridized carbons (Fsp3) is 0.750. The molecular weight excluding hydrogens is 314 g/mol. The van der Waals surface area contributed by atoms with Crippen LogP contribution in [0.3, 0.4) is 0 Å². The predicted octanol–water partition coefficient (Wildman–Crippen LogP) is 1.72. The van der Waals surface area contributed by atoms with Gasteiger partial charge in [0.25, 0.3) is 5.91 Å². The van der Waals surface area contributed by atoms with Crippen LogP contribution in [0.2, 0.25) is 0 Å². The van der Waals surface area contributed by atoms with E-state index in [-0.39, 0.29) is 24.0 Å². The summed E-state index contributed by atoms with van der Waals surface area (Å²) in [6.07, 6.45) is 4.54. The molecule has 7 heteroatoms. The van der Waals surface area contributed by atoms with Crippen LogP contribution in [0.5, 0.6) is 0 Å². The minimum absolute atomic E-state index is 0.0375. The summed E-state index contributed by atoms with van der Waals surface area (Å²) in [6.45, 7) is 5.91. The molecule has 1 unspecified atom stereocenters. The molecule has 0 aromatic rings. The van der Waals surface area contributed by atoms with Gasteiger partial charge in [-0.05, 0) is 45.1 Å². The van der Waals surface area contributed by atoms with Crippen molar-refractivity contribution in [3.05, 3.63) is 11.3 Å². The van der Waals surface area contributed by atoms with Gasteiger partial charge in [-0.1, -0.05) is 0 Å². The largest absolute Gasteiger partial charge is 0.381 e. The molecule has 6 nitrogen and oxygen atoms in total. The first-order chi connectivity index (χ1) is 11.1. The number of urea groups is 1. The highest BCUT2D eigenvalue weighted by atomic mass is 32.2. The highest BCUT2D eigenvalue weighted by Gasteiger charge is 2.34. The van der Waals surface area contributed by atoms with Crippen molar-refractivity contribution in [1.29, 1.82) is 0 Å². The number of rotatable bonds is 6. The number of hydrogen-bond acceptors (Lipinski definition) is 4. The maximum Gasteiger partial charge on any atom is 0.319 e. The first kappa shape index (κ1) is 18.1. The lowest BCUT2D eigenvalue weighted by atomic mass is 9.97. The fourth-order valence-electron chi connectivity index (χ4n) is 3.25. The molecule has 1 saturated heterocycles. The van der Waals surface area contributed by atoms with E-state index in [1.807, 2.05) is 25.0 Å². The smallest absolute Gasteiger partial charge is 0.319 e. The lowest BCUT2D eigenvalue weighted by molar-refractivity contribution is -0.131. The maximum absolute atomic E-state index is 13.1. The number of hydrogen-bond donors (Lipinski definition) is 2. The number of nitrogens with zero attached hydrogens (tertiary/aromatic N) is 1. The molecule has 0 aliphatic carbocycles. The Morgan fingerprint density at radius 3 is 2.70 bits per heavy atom. The van der Waals surface area contributed by atoms with Crippen LogP contribution in [0.25, 0.3) is 0 Å². The molecule has 0 radical (unpaired) electrons. The van der Waals surface area contributed by atoms with Crippen LogP contribution in [-0.2, 0) is 9.53 Å². The van der Waals surface area contributed by atoms with Crippen molar-refractivity contribution >= 4 is 23.7 Å². The first-order valence-electron chi connectivity index (χ1n) is 8.24. The third kappa shape index (κ3) is 4.41. The van der Waals surface area contributed by atoms with Crippen molar-refractivity contribution in [1.82, 2.24) is 15.5 Å². The summed E-state index contributed by atoms with van der Waals surface area (Å²) < 4.78 is 5.41. The van der Waals surface area contributed by atoms with Gasteiger partial charge < -0.3 is 20.3 Å². The van der Waals surface area contributed by atoms with Crippen LogP contribution in [0.15, 0.2) is 11.3 Å². The molecule has 0 bridgehead atoms. The highest BCUT2D eigenvalue weighted by molar-refractivity contribution is 7.98. The number of amides is 3. The molecule has 2 heterocycles. The normalized spacial score (nSPS) is 22.6. The monoisotopic (exact) mass is 341 g/mol. The standard InChI is InChI=1S/C16H27N3O3S/c1-4-19(12-5-8-22-9-6-12)15(20)14-11(2)17-16(21)18-13(14)7-10-23-3/h12-13H,4-10H2,1-3H3,(H2,17,18,21). The number of carbonyl (C=O) groups excluding carboxylic acids is 2. The Kier molecular flexibility index (Phi) is 6.77. The van der Waals surface area contributed by atoms with Gasteiger partial charge >= 0.3 is 6.03 Å². The Morgan fingerprint density at radius 2 is 2.09 bits per heavy atom. The lowest BCUT2D eigenvalue weighted by Gasteiger charge is -2.37. The Labute approximate surface area is 142 Å². The van der Waals surface area contributed by atoms with E-state index in [0.29, 0.717) is 31.0 Å². The Bertz CT molecular complexity index is 475. The summed E-state index contributed by atoms with van der Waals surface area (Å²) in [5.74, 6) is 0.939. The molecule has 2 aliphatic rings. The van der Waals surface area contributed by atoms with E-state index in [1.54, 1.807) is 11.8 Å². The van der Waals surface area contributed by atoms with Crippen molar-refractivity contribution in [3.8, 4) is 0 Å². The second-order valence-electron chi connectivity index (χ2n) is 5.91.